The van der Waals surface area contributed by atoms with Gasteiger partial charge in [0.15, 0.2) is 6.10 Å². The molecule has 0 aliphatic carbocycles. The summed E-state index contributed by atoms with van der Waals surface area (Å²) in [6.07, 6.45) is -1.12. The molecule has 0 aliphatic heterocycles. The highest BCUT2D eigenvalue weighted by Crippen LogP contribution is 2.19. The van der Waals surface area contributed by atoms with E-state index in [9.17, 15) is 24.5 Å². The summed E-state index contributed by atoms with van der Waals surface area (Å²) in [6.45, 7) is 5.20. The molecule has 0 saturated heterocycles. The number of anilines is 1. The third-order valence-electron chi connectivity index (χ3n) is 4.36. The van der Waals surface area contributed by atoms with Crippen molar-refractivity contribution in [2.24, 2.45) is 0 Å². The standard InChI is InChI=1S/C21H23N3O6/c1-13-5-4-6-14(2)19(13)23-20(26)15(3)30-18(25)11-12-22-21(27)16-7-9-17(10-8-16)24(28)29/h4-10,15H,11-12H2,1-3H3,(H,22,27)(H,23,26)/t15-/m0/s1. The summed E-state index contributed by atoms with van der Waals surface area (Å²) < 4.78 is 5.12. The minimum Gasteiger partial charge on any atom is -0.452 e. The van der Waals surface area contributed by atoms with Crippen LogP contribution in [-0.4, -0.2) is 35.4 Å². The monoisotopic (exact) mass is 413 g/mol. The molecular weight excluding hydrogens is 390 g/mol. The first kappa shape index (κ1) is 22.5. The topological polar surface area (TPSA) is 128 Å². The van der Waals surface area contributed by atoms with Gasteiger partial charge in [-0.15, -0.1) is 0 Å². The number of ether oxygens (including phenoxy) is 1. The van der Waals surface area contributed by atoms with Crippen LogP contribution < -0.4 is 10.6 Å². The Morgan fingerprint density at radius 3 is 2.23 bits per heavy atom. The minimum atomic E-state index is -0.998. The lowest BCUT2D eigenvalue weighted by atomic mass is 10.1. The first-order valence-electron chi connectivity index (χ1n) is 9.28. The Balaban J connectivity index is 1.78. The summed E-state index contributed by atoms with van der Waals surface area (Å²) in [5.74, 6) is -1.56. The van der Waals surface area contributed by atoms with Crippen LogP contribution in [0.4, 0.5) is 11.4 Å². The van der Waals surface area contributed by atoms with E-state index < -0.39 is 28.8 Å². The van der Waals surface area contributed by atoms with Gasteiger partial charge in [0.25, 0.3) is 17.5 Å². The number of hydrogen-bond acceptors (Lipinski definition) is 6. The number of carbonyl (C=O) groups excluding carboxylic acids is 3. The molecule has 0 bridgehead atoms. The number of nitrogens with one attached hydrogen (secondary N) is 2. The van der Waals surface area contributed by atoms with Crippen molar-refractivity contribution in [1.82, 2.24) is 5.32 Å². The third-order valence-corrected chi connectivity index (χ3v) is 4.36. The van der Waals surface area contributed by atoms with E-state index in [-0.39, 0.29) is 24.2 Å². The van der Waals surface area contributed by atoms with Gasteiger partial charge in [0.1, 0.15) is 0 Å². The molecule has 2 aromatic carbocycles. The summed E-state index contributed by atoms with van der Waals surface area (Å²) in [5, 5.41) is 15.9. The van der Waals surface area contributed by atoms with Gasteiger partial charge < -0.3 is 15.4 Å². The molecule has 0 aliphatic rings. The van der Waals surface area contributed by atoms with Crippen molar-refractivity contribution in [3.05, 3.63) is 69.3 Å². The molecule has 9 heteroatoms. The highest BCUT2D eigenvalue weighted by molar-refractivity contribution is 5.96. The summed E-state index contributed by atoms with van der Waals surface area (Å²) >= 11 is 0. The zero-order chi connectivity index (χ0) is 22.3. The van der Waals surface area contributed by atoms with Crippen LogP contribution in [-0.2, 0) is 14.3 Å². The van der Waals surface area contributed by atoms with Crippen LogP contribution in [0.2, 0.25) is 0 Å². The Morgan fingerprint density at radius 1 is 1.07 bits per heavy atom. The number of nitro benzene ring substituents is 1. The average molecular weight is 413 g/mol. The van der Waals surface area contributed by atoms with Gasteiger partial charge in [-0.25, -0.2) is 0 Å². The van der Waals surface area contributed by atoms with E-state index in [0.29, 0.717) is 5.69 Å². The van der Waals surface area contributed by atoms with Crippen molar-refractivity contribution in [2.45, 2.75) is 33.3 Å². The normalized spacial score (nSPS) is 11.3. The molecule has 0 fully saturated rings. The largest absolute Gasteiger partial charge is 0.452 e. The fourth-order valence-electron chi connectivity index (χ4n) is 2.66. The second-order valence-electron chi connectivity index (χ2n) is 6.70. The predicted molar refractivity (Wildman–Crippen MR) is 110 cm³/mol. The fourth-order valence-corrected chi connectivity index (χ4v) is 2.66. The Bertz CT molecular complexity index is 935. The van der Waals surface area contributed by atoms with Crippen LogP contribution in [0, 0.1) is 24.0 Å². The van der Waals surface area contributed by atoms with Gasteiger partial charge in [0.05, 0.1) is 11.3 Å². The Morgan fingerprint density at radius 2 is 1.67 bits per heavy atom. The number of carbonyl (C=O) groups is 3. The zero-order valence-electron chi connectivity index (χ0n) is 16.9. The van der Waals surface area contributed by atoms with Gasteiger partial charge in [0.2, 0.25) is 0 Å². The lowest BCUT2D eigenvalue weighted by molar-refractivity contribution is -0.384. The number of esters is 1. The predicted octanol–water partition coefficient (Wildman–Crippen LogP) is 2.90. The van der Waals surface area contributed by atoms with E-state index >= 15 is 0 Å². The number of rotatable bonds is 8. The Hall–Kier alpha value is -3.75. The maximum Gasteiger partial charge on any atom is 0.308 e. The van der Waals surface area contributed by atoms with Gasteiger partial charge in [-0.05, 0) is 44.0 Å². The molecular formula is C21H23N3O6. The second kappa shape index (κ2) is 10.1. The van der Waals surface area contributed by atoms with Crippen molar-refractivity contribution < 1.29 is 24.0 Å². The summed E-state index contributed by atoms with van der Waals surface area (Å²) in [7, 11) is 0. The van der Waals surface area contributed by atoms with Crippen molar-refractivity contribution in [1.29, 1.82) is 0 Å². The van der Waals surface area contributed by atoms with Gasteiger partial charge in [-0.2, -0.15) is 0 Å². The van der Waals surface area contributed by atoms with Crippen molar-refractivity contribution in [2.75, 3.05) is 11.9 Å². The number of amides is 2. The molecule has 2 N–H and O–H groups in total. The molecule has 0 heterocycles. The van der Waals surface area contributed by atoms with Crippen LogP contribution in [0.25, 0.3) is 0 Å². The molecule has 0 spiro atoms. The van der Waals surface area contributed by atoms with E-state index in [1.54, 1.807) is 0 Å². The molecule has 1 atom stereocenters. The van der Waals surface area contributed by atoms with E-state index in [1.165, 1.54) is 31.2 Å². The zero-order valence-corrected chi connectivity index (χ0v) is 16.9. The van der Waals surface area contributed by atoms with Crippen LogP contribution in [0.15, 0.2) is 42.5 Å². The Kier molecular flexibility index (Phi) is 7.62. The molecule has 0 radical (unpaired) electrons. The number of nitro groups is 1. The van der Waals surface area contributed by atoms with E-state index in [0.717, 1.165) is 11.1 Å². The van der Waals surface area contributed by atoms with Crippen LogP contribution in [0.3, 0.4) is 0 Å². The van der Waals surface area contributed by atoms with Crippen molar-refractivity contribution in [3.8, 4) is 0 Å². The molecule has 9 nitrogen and oxygen atoms in total. The highest BCUT2D eigenvalue weighted by Gasteiger charge is 2.19. The third kappa shape index (κ3) is 6.13. The Labute approximate surface area is 173 Å². The molecule has 2 rings (SSSR count). The highest BCUT2D eigenvalue weighted by atomic mass is 16.6. The first-order chi connectivity index (χ1) is 14.2. The van der Waals surface area contributed by atoms with Crippen LogP contribution in [0.5, 0.6) is 0 Å². The summed E-state index contributed by atoms with van der Waals surface area (Å²) in [6, 6.07) is 10.7. The SMILES string of the molecule is Cc1cccc(C)c1NC(=O)[C@H](C)OC(=O)CCNC(=O)c1ccc([N+](=O)[O-])cc1. The van der Waals surface area contributed by atoms with Gasteiger partial charge in [0, 0.05) is 29.9 Å². The summed E-state index contributed by atoms with van der Waals surface area (Å²) in [4.78, 5) is 46.3. The molecule has 0 saturated carbocycles. The van der Waals surface area contributed by atoms with E-state index in [1.807, 2.05) is 32.0 Å². The average Bonchev–Trinajstić information content (AvgIpc) is 2.70. The fraction of sp³-hybridized carbons (Fsp3) is 0.286. The smallest absolute Gasteiger partial charge is 0.308 e. The molecule has 0 unspecified atom stereocenters. The number of hydrogen-bond donors (Lipinski definition) is 2. The van der Waals surface area contributed by atoms with Gasteiger partial charge in [-0.1, -0.05) is 18.2 Å². The second-order valence-corrected chi connectivity index (χ2v) is 6.70. The molecule has 158 valence electrons. The minimum absolute atomic E-state index is 0.000104. The molecule has 0 aromatic heterocycles. The summed E-state index contributed by atoms with van der Waals surface area (Å²) in [5.41, 5.74) is 2.59. The number of benzene rings is 2. The van der Waals surface area contributed by atoms with Gasteiger partial charge in [-0.3, -0.25) is 24.5 Å². The molecule has 30 heavy (non-hydrogen) atoms. The van der Waals surface area contributed by atoms with Crippen molar-refractivity contribution >= 4 is 29.2 Å². The number of non-ortho nitro benzene ring substituents is 1. The van der Waals surface area contributed by atoms with Crippen LogP contribution >= 0.6 is 0 Å². The first-order valence-corrected chi connectivity index (χ1v) is 9.28. The van der Waals surface area contributed by atoms with E-state index in [2.05, 4.69) is 10.6 Å². The molecule has 2 amide bonds. The van der Waals surface area contributed by atoms with Crippen molar-refractivity contribution in [3.63, 3.8) is 0 Å². The molecule has 2 aromatic rings. The van der Waals surface area contributed by atoms with Gasteiger partial charge >= 0.3 is 5.97 Å². The maximum absolute atomic E-state index is 12.3. The maximum atomic E-state index is 12.3. The number of nitrogens with zero attached hydrogens (tertiary/aromatic N) is 1. The van der Waals surface area contributed by atoms with E-state index in [4.69, 9.17) is 4.74 Å². The van der Waals surface area contributed by atoms with Crippen LogP contribution in [0.1, 0.15) is 34.8 Å². The number of aryl methyl sites for hydroxylation is 2. The lowest BCUT2D eigenvalue weighted by Gasteiger charge is -2.16. The quantitative estimate of drug-likeness (QED) is 0.389. The lowest BCUT2D eigenvalue weighted by Crippen LogP contribution is -2.32. The number of para-hydroxylation sites is 1.